The third kappa shape index (κ3) is 5.27. The number of hydrogen-bond acceptors (Lipinski definition) is 6. The topological polar surface area (TPSA) is 93.6 Å². The number of nitrogens with one attached hydrogen (secondary N) is 1. The zero-order chi connectivity index (χ0) is 20.5. The summed E-state index contributed by atoms with van der Waals surface area (Å²) in [6.45, 7) is 9.82. The Bertz CT molecular complexity index is 1050. The van der Waals surface area contributed by atoms with Crippen LogP contribution in [0.3, 0.4) is 0 Å². The molecule has 4 rings (SSSR count). The average Bonchev–Trinajstić information content (AvgIpc) is 3.28. The number of ether oxygens (including phenoxy) is 1. The SMILES string of the molecule is C[Si](C)(C)CCOCn1ccc2c(-c3cnn(C4(CC#N)CNC4)c3)ncnc21.Cl.Cl. The normalized spacial score (nSPS) is 14.9. The van der Waals surface area contributed by atoms with E-state index in [9.17, 15) is 5.26 Å². The second-order valence-corrected chi connectivity index (χ2v) is 14.6. The molecule has 11 heteroatoms. The Morgan fingerprint density at radius 2 is 2.03 bits per heavy atom. The highest BCUT2D eigenvalue weighted by atomic mass is 35.5. The van der Waals surface area contributed by atoms with E-state index >= 15 is 0 Å². The molecule has 31 heavy (non-hydrogen) atoms. The lowest BCUT2D eigenvalue weighted by Gasteiger charge is -2.41. The molecule has 0 unspecified atom stereocenters. The van der Waals surface area contributed by atoms with Gasteiger partial charge >= 0.3 is 0 Å². The molecule has 0 spiro atoms. The second kappa shape index (κ2) is 10.1. The van der Waals surface area contributed by atoms with Gasteiger partial charge in [0, 0.05) is 51.1 Å². The highest BCUT2D eigenvalue weighted by molar-refractivity contribution is 6.76. The molecule has 0 amide bonds. The monoisotopic (exact) mass is 481 g/mol. The van der Waals surface area contributed by atoms with Crippen LogP contribution in [-0.4, -0.2) is 52.1 Å². The summed E-state index contributed by atoms with van der Waals surface area (Å²) < 4.78 is 9.81. The molecule has 3 aromatic heterocycles. The molecule has 0 atom stereocenters. The number of fused-ring (bicyclic) bond motifs is 1. The van der Waals surface area contributed by atoms with Crippen LogP contribution in [0.4, 0.5) is 0 Å². The maximum absolute atomic E-state index is 9.18. The summed E-state index contributed by atoms with van der Waals surface area (Å²) in [7, 11) is -1.10. The van der Waals surface area contributed by atoms with Gasteiger partial charge < -0.3 is 14.6 Å². The lowest BCUT2D eigenvalue weighted by molar-refractivity contribution is 0.0899. The zero-order valence-electron chi connectivity index (χ0n) is 18.0. The average molecular weight is 482 g/mol. The molecule has 4 heterocycles. The van der Waals surface area contributed by atoms with Gasteiger partial charge in [0.15, 0.2) is 0 Å². The van der Waals surface area contributed by atoms with Crippen molar-refractivity contribution >= 4 is 43.9 Å². The van der Waals surface area contributed by atoms with Crippen LogP contribution in [0.25, 0.3) is 22.3 Å². The first-order chi connectivity index (χ1) is 13.9. The molecule has 0 saturated carbocycles. The molecule has 1 fully saturated rings. The van der Waals surface area contributed by atoms with E-state index in [2.05, 4.69) is 46.1 Å². The molecule has 0 aromatic carbocycles. The molecular weight excluding hydrogens is 453 g/mol. The van der Waals surface area contributed by atoms with Crippen molar-refractivity contribution in [3.05, 3.63) is 31.0 Å². The molecule has 1 N–H and O–H groups in total. The Morgan fingerprint density at radius 1 is 1.26 bits per heavy atom. The summed E-state index contributed by atoms with van der Waals surface area (Å²) in [5, 5.41) is 17.9. The van der Waals surface area contributed by atoms with E-state index in [0.717, 1.165) is 48.0 Å². The van der Waals surface area contributed by atoms with Crippen LogP contribution in [0.5, 0.6) is 0 Å². The van der Waals surface area contributed by atoms with Crippen LogP contribution in [0, 0.1) is 11.3 Å². The highest BCUT2D eigenvalue weighted by Gasteiger charge is 2.39. The predicted octanol–water partition coefficient (Wildman–Crippen LogP) is 3.66. The largest absolute Gasteiger partial charge is 0.361 e. The predicted molar refractivity (Wildman–Crippen MR) is 128 cm³/mol. The molecule has 168 valence electrons. The number of halogens is 2. The van der Waals surface area contributed by atoms with Crippen molar-refractivity contribution in [2.24, 2.45) is 0 Å². The first kappa shape index (κ1) is 25.3. The molecule has 1 aliphatic rings. The van der Waals surface area contributed by atoms with Crippen molar-refractivity contribution in [2.45, 2.75) is 44.4 Å². The lowest BCUT2D eigenvalue weighted by Crippen LogP contribution is -2.60. The van der Waals surface area contributed by atoms with Crippen molar-refractivity contribution in [3.8, 4) is 17.3 Å². The molecule has 8 nitrogen and oxygen atoms in total. The van der Waals surface area contributed by atoms with Gasteiger partial charge in [0.05, 0.1) is 24.4 Å². The first-order valence-corrected chi connectivity index (χ1v) is 13.6. The van der Waals surface area contributed by atoms with Crippen LogP contribution < -0.4 is 5.32 Å². The number of hydrogen-bond donors (Lipinski definition) is 1. The van der Waals surface area contributed by atoms with Gasteiger partial charge in [-0.3, -0.25) is 4.68 Å². The molecule has 1 saturated heterocycles. The van der Waals surface area contributed by atoms with E-state index in [1.807, 2.05) is 33.9 Å². The fraction of sp³-hybridized carbons (Fsp3) is 0.500. The van der Waals surface area contributed by atoms with Crippen LogP contribution in [-0.2, 0) is 17.0 Å². The maximum Gasteiger partial charge on any atom is 0.145 e. The van der Waals surface area contributed by atoms with Crippen LogP contribution in [0.2, 0.25) is 25.7 Å². The minimum Gasteiger partial charge on any atom is -0.361 e. The van der Waals surface area contributed by atoms with Crippen LogP contribution >= 0.6 is 24.8 Å². The minimum absolute atomic E-state index is 0. The summed E-state index contributed by atoms with van der Waals surface area (Å²) >= 11 is 0. The zero-order valence-corrected chi connectivity index (χ0v) is 20.7. The van der Waals surface area contributed by atoms with Gasteiger partial charge in [-0.05, 0) is 12.1 Å². The van der Waals surface area contributed by atoms with Gasteiger partial charge in [0.1, 0.15) is 24.2 Å². The molecular formula is C20H29Cl2N7OSi. The minimum atomic E-state index is -1.10. The Balaban J connectivity index is 0.00000171. The molecule has 0 bridgehead atoms. The second-order valence-electron chi connectivity index (χ2n) is 8.93. The van der Waals surface area contributed by atoms with Crippen molar-refractivity contribution in [1.82, 2.24) is 29.6 Å². The first-order valence-electron chi connectivity index (χ1n) is 9.93. The third-order valence-corrected chi connectivity index (χ3v) is 7.15. The number of nitriles is 1. The Hall–Kier alpha value is -1.96. The summed E-state index contributed by atoms with van der Waals surface area (Å²) in [6, 6.07) is 5.45. The fourth-order valence-electron chi connectivity index (χ4n) is 3.51. The molecule has 3 aromatic rings. The number of nitrogens with zero attached hydrogens (tertiary/aromatic N) is 6. The fourth-order valence-corrected chi connectivity index (χ4v) is 4.27. The summed E-state index contributed by atoms with van der Waals surface area (Å²) in [5.74, 6) is 0. The molecule has 0 aliphatic carbocycles. The quantitative estimate of drug-likeness (QED) is 0.389. The summed E-state index contributed by atoms with van der Waals surface area (Å²) in [6.07, 6.45) is 7.83. The van der Waals surface area contributed by atoms with Crippen LogP contribution in [0.15, 0.2) is 31.0 Å². The Kier molecular flexibility index (Phi) is 8.25. The number of rotatable bonds is 8. The lowest BCUT2D eigenvalue weighted by atomic mass is 9.89. The van der Waals surface area contributed by atoms with Gasteiger partial charge in [-0.1, -0.05) is 19.6 Å². The summed E-state index contributed by atoms with van der Waals surface area (Å²) in [4.78, 5) is 8.98. The third-order valence-electron chi connectivity index (χ3n) is 5.44. The van der Waals surface area contributed by atoms with E-state index in [-0.39, 0.29) is 30.4 Å². The van der Waals surface area contributed by atoms with Gasteiger partial charge in [0.25, 0.3) is 0 Å². The number of aromatic nitrogens is 5. The van der Waals surface area contributed by atoms with Crippen molar-refractivity contribution < 1.29 is 4.74 Å². The highest BCUT2D eigenvalue weighted by Crippen LogP contribution is 2.30. The van der Waals surface area contributed by atoms with Crippen molar-refractivity contribution in [3.63, 3.8) is 0 Å². The van der Waals surface area contributed by atoms with E-state index in [4.69, 9.17) is 4.74 Å². The van der Waals surface area contributed by atoms with Gasteiger partial charge in [0.2, 0.25) is 0 Å². The Labute approximate surface area is 195 Å². The van der Waals surface area contributed by atoms with E-state index < -0.39 is 8.07 Å². The molecule has 1 aliphatic heterocycles. The summed E-state index contributed by atoms with van der Waals surface area (Å²) in [5.41, 5.74) is 2.38. The van der Waals surface area contributed by atoms with Crippen molar-refractivity contribution in [1.29, 1.82) is 5.26 Å². The van der Waals surface area contributed by atoms with Crippen molar-refractivity contribution in [2.75, 3.05) is 19.7 Å². The Morgan fingerprint density at radius 3 is 2.68 bits per heavy atom. The smallest absolute Gasteiger partial charge is 0.145 e. The van der Waals surface area contributed by atoms with Gasteiger partial charge in [-0.2, -0.15) is 10.4 Å². The standard InChI is InChI=1S/C20H27N7OSi.2ClH/c1-29(2,3)9-8-28-15-26-7-4-17-18(23-14-24-19(17)26)16-10-25-27(11-16)20(5-6-21)12-22-13-20;;/h4,7,10-11,14,22H,5,8-9,12-13,15H2,1-3H3;2*1H. The maximum atomic E-state index is 9.18. The van der Waals surface area contributed by atoms with E-state index in [1.165, 1.54) is 0 Å². The van der Waals surface area contributed by atoms with Crippen LogP contribution in [0.1, 0.15) is 6.42 Å². The van der Waals surface area contributed by atoms with E-state index in [0.29, 0.717) is 13.2 Å². The van der Waals surface area contributed by atoms with Gasteiger partial charge in [-0.25, -0.2) is 9.97 Å². The molecule has 0 radical (unpaired) electrons. The van der Waals surface area contributed by atoms with Gasteiger partial charge in [-0.15, -0.1) is 24.8 Å². The van der Waals surface area contributed by atoms with E-state index in [1.54, 1.807) is 6.33 Å².